The standard InChI is InChI=1S/C24H24ClN7O2/c1-34-17-6-7-20(27-12-17)19-14-32(22-8-10-26-23-18(22)13-28-31-23)11-9-21(19)30-24(33)29-16-4-2-15(25)3-5-16/h2-8,10,12-13,19,21H,9,11,14H2,1H3,(H,26,28,31)(H2,29,30,33)/t19-,21+/m0/s1. The lowest BCUT2D eigenvalue weighted by atomic mass is 9.88. The van der Waals surface area contributed by atoms with Crippen molar-refractivity contribution in [2.24, 2.45) is 0 Å². The van der Waals surface area contributed by atoms with Gasteiger partial charge in [-0.15, -0.1) is 0 Å². The topological polar surface area (TPSA) is 108 Å². The maximum absolute atomic E-state index is 12.8. The molecule has 10 heteroatoms. The van der Waals surface area contributed by atoms with Crippen molar-refractivity contribution in [1.29, 1.82) is 0 Å². The number of halogens is 1. The van der Waals surface area contributed by atoms with E-state index in [0.29, 0.717) is 23.0 Å². The average Bonchev–Trinajstić information content (AvgIpc) is 3.35. The van der Waals surface area contributed by atoms with E-state index in [0.717, 1.165) is 35.4 Å². The van der Waals surface area contributed by atoms with E-state index in [9.17, 15) is 4.79 Å². The summed E-state index contributed by atoms with van der Waals surface area (Å²) in [6.45, 7) is 1.44. The molecule has 0 saturated carbocycles. The molecular weight excluding hydrogens is 454 g/mol. The molecule has 0 aliphatic carbocycles. The number of ether oxygens (including phenoxy) is 1. The lowest BCUT2D eigenvalue weighted by Gasteiger charge is -2.40. The number of carbonyl (C=O) groups is 1. The number of rotatable bonds is 5. The van der Waals surface area contributed by atoms with Gasteiger partial charge in [0.2, 0.25) is 0 Å². The summed E-state index contributed by atoms with van der Waals surface area (Å²) in [4.78, 5) is 24.1. The Labute approximate surface area is 201 Å². The number of urea groups is 1. The highest BCUT2D eigenvalue weighted by Crippen LogP contribution is 2.33. The molecule has 34 heavy (non-hydrogen) atoms. The van der Waals surface area contributed by atoms with Crippen molar-refractivity contribution < 1.29 is 9.53 Å². The fourth-order valence-corrected chi connectivity index (χ4v) is 4.48. The highest BCUT2D eigenvalue weighted by Gasteiger charge is 2.33. The minimum absolute atomic E-state index is 0.0364. The molecule has 1 aliphatic rings. The lowest BCUT2D eigenvalue weighted by Crippen LogP contribution is -2.51. The Hall–Kier alpha value is -3.85. The molecule has 0 spiro atoms. The third-order valence-corrected chi connectivity index (χ3v) is 6.33. The fraction of sp³-hybridized carbons (Fsp3) is 0.250. The van der Waals surface area contributed by atoms with Gasteiger partial charge in [0, 0.05) is 47.7 Å². The number of fused-ring (bicyclic) bond motifs is 1. The number of benzene rings is 1. The summed E-state index contributed by atoms with van der Waals surface area (Å²) < 4.78 is 5.27. The van der Waals surface area contributed by atoms with Gasteiger partial charge in [-0.05, 0) is 48.9 Å². The summed E-state index contributed by atoms with van der Waals surface area (Å²) in [5.41, 5.74) is 3.37. The number of hydrogen-bond acceptors (Lipinski definition) is 6. The Morgan fingerprint density at radius 3 is 2.76 bits per heavy atom. The van der Waals surface area contributed by atoms with Gasteiger partial charge in [0.15, 0.2) is 5.65 Å². The fourth-order valence-electron chi connectivity index (χ4n) is 4.36. The number of piperidine rings is 1. The van der Waals surface area contributed by atoms with Crippen LogP contribution in [0.3, 0.4) is 0 Å². The molecular formula is C24H24ClN7O2. The zero-order chi connectivity index (χ0) is 23.5. The molecule has 0 bridgehead atoms. The number of anilines is 2. The first-order chi connectivity index (χ1) is 16.6. The molecule has 1 fully saturated rings. The molecule has 174 valence electrons. The highest BCUT2D eigenvalue weighted by molar-refractivity contribution is 6.30. The molecule has 4 heterocycles. The molecule has 5 rings (SSSR count). The molecule has 3 aromatic heterocycles. The van der Waals surface area contributed by atoms with E-state index in [1.165, 1.54) is 0 Å². The minimum Gasteiger partial charge on any atom is -0.495 e. The van der Waals surface area contributed by atoms with E-state index in [1.54, 1.807) is 50.0 Å². The van der Waals surface area contributed by atoms with E-state index < -0.39 is 0 Å². The number of nitrogens with one attached hydrogen (secondary N) is 3. The van der Waals surface area contributed by atoms with Crippen LogP contribution in [0.15, 0.2) is 61.1 Å². The SMILES string of the molecule is COc1ccc([C@@H]2CN(c3ccnc4[nH]ncc34)CC[C@H]2NC(=O)Nc2ccc(Cl)cc2)nc1. The van der Waals surface area contributed by atoms with Gasteiger partial charge in [-0.1, -0.05) is 11.6 Å². The van der Waals surface area contributed by atoms with Crippen LogP contribution in [-0.2, 0) is 0 Å². The number of pyridine rings is 2. The van der Waals surface area contributed by atoms with Crippen molar-refractivity contribution in [2.75, 3.05) is 30.4 Å². The van der Waals surface area contributed by atoms with E-state index in [2.05, 4.69) is 35.7 Å². The number of aromatic amines is 1. The second-order valence-electron chi connectivity index (χ2n) is 8.14. The number of carbonyl (C=O) groups excluding carboxylic acids is 1. The molecule has 1 aromatic carbocycles. The molecule has 3 N–H and O–H groups in total. The van der Waals surface area contributed by atoms with E-state index in [4.69, 9.17) is 16.3 Å². The van der Waals surface area contributed by atoms with Crippen LogP contribution in [0.2, 0.25) is 5.02 Å². The van der Waals surface area contributed by atoms with Gasteiger partial charge in [0.05, 0.1) is 30.6 Å². The Morgan fingerprint density at radius 2 is 2.00 bits per heavy atom. The van der Waals surface area contributed by atoms with Crippen LogP contribution in [0.25, 0.3) is 11.0 Å². The third kappa shape index (κ3) is 4.60. The summed E-state index contributed by atoms with van der Waals surface area (Å²) in [5, 5.41) is 14.7. The smallest absolute Gasteiger partial charge is 0.319 e. The third-order valence-electron chi connectivity index (χ3n) is 6.08. The normalized spacial score (nSPS) is 18.0. The lowest BCUT2D eigenvalue weighted by molar-refractivity contribution is 0.243. The maximum atomic E-state index is 12.8. The van der Waals surface area contributed by atoms with Gasteiger partial charge in [-0.3, -0.25) is 10.1 Å². The van der Waals surface area contributed by atoms with E-state index in [1.807, 2.05) is 18.2 Å². The number of amides is 2. The second-order valence-corrected chi connectivity index (χ2v) is 8.57. The number of methoxy groups -OCH3 is 1. The first-order valence-electron chi connectivity index (χ1n) is 11.0. The second kappa shape index (κ2) is 9.56. The summed E-state index contributed by atoms with van der Waals surface area (Å²) in [6.07, 6.45) is 6.02. The molecule has 2 atom stereocenters. The Balaban J connectivity index is 1.38. The number of nitrogens with zero attached hydrogens (tertiary/aromatic N) is 4. The number of aromatic nitrogens is 4. The molecule has 9 nitrogen and oxygen atoms in total. The zero-order valence-corrected chi connectivity index (χ0v) is 19.3. The van der Waals surface area contributed by atoms with Crippen molar-refractivity contribution in [2.45, 2.75) is 18.4 Å². The van der Waals surface area contributed by atoms with Gasteiger partial charge in [0.1, 0.15) is 5.75 Å². The van der Waals surface area contributed by atoms with E-state index >= 15 is 0 Å². The van der Waals surface area contributed by atoms with Gasteiger partial charge < -0.3 is 20.3 Å². The Kier molecular flexibility index (Phi) is 6.18. The maximum Gasteiger partial charge on any atom is 0.319 e. The van der Waals surface area contributed by atoms with Crippen LogP contribution in [0.1, 0.15) is 18.0 Å². The largest absolute Gasteiger partial charge is 0.495 e. The monoisotopic (exact) mass is 477 g/mol. The van der Waals surface area contributed by atoms with Crippen molar-refractivity contribution in [3.8, 4) is 5.75 Å². The predicted molar refractivity (Wildman–Crippen MR) is 132 cm³/mol. The summed E-state index contributed by atoms with van der Waals surface area (Å²) in [5.74, 6) is 0.654. The Morgan fingerprint density at radius 1 is 1.15 bits per heavy atom. The average molecular weight is 478 g/mol. The van der Waals surface area contributed by atoms with Gasteiger partial charge in [-0.2, -0.15) is 5.10 Å². The summed E-state index contributed by atoms with van der Waals surface area (Å²) in [7, 11) is 1.62. The first kappa shape index (κ1) is 22.0. The number of hydrogen-bond donors (Lipinski definition) is 3. The van der Waals surface area contributed by atoms with Crippen LogP contribution in [0.4, 0.5) is 16.2 Å². The summed E-state index contributed by atoms with van der Waals surface area (Å²) >= 11 is 5.95. The molecule has 1 saturated heterocycles. The van der Waals surface area contributed by atoms with Crippen LogP contribution in [0.5, 0.6) is 5.75 Å². The minimum atomic E-state index is -0.263. The molecule has 0 radical (unpaired) electrons. The van der Waals surface area contributed by atoms with Gasteiger partial charge in [-0.25, -0.2) is 9.78 Å². The Bertz CT molecular complexity index is 1280. The molecule has 4 aromatic rings. The van der Waals surface area contributed by atoms with Crippen LogP contribution >= 0.6 is 11.6 Å². The van der Waals surface area contributed by atoms with Crippen molar-refractivity contribution in [3.05, 3.63) is 71.8 Å². The van der Waals surface area contributed by atoms with Crippen molar-refractivity contribution >= 4 is 40.0 Å². The first-order valence-corrected chi connectivity index (χ1v) is 11.3. The van der Waals surface area contributed by atoms with Crippen LogP contribution in [-0.4, -0.2) is 52.4 Å². The summed E-state index contributed by atoms with van der Waals surface area (Å²) in [6, 6.07) is 12.5. The van der Waals surface area contributed by atoms with E-state index in [-0.39, 0.29) is 18.0 Å². The molecule has 2 amide bonds. The van der Waals surface area contributed by atoms with Crippen LogP contribution < -0.4 is 20.3 Å². The van der Waals surface area contributed by atoms with Crippen LogP contribution in [0, 0.1) is 0 Å². The van der Waals surface area contributed by atoms with Gasteiger partial charge in [0.25, 0.3) is 0 Å². The number of H-pyrrole nitrogens is 1. The van der Waals surface area contributed by atoms with Gasteiger partial charge >= 0.3 is 6.03 Å². The van der Waals surface area contributed by atoms with Crippen molar-refractivity contribution in [3.63, 3.8) is 0 Å². The quantitative estimate of drug-likeness (QED) is 0.397. The predicted octanol–water partition coefficient (Wildman–Crippen LogP) is 4.20. The molecule has 1 aliphatic heterocycles. The molecule has 0 unspecified atom stereocenters. The highest BCUT2D eigenvalue weighted by atomic mass is 35.5. The zero-order valence-electron chi connectivity index (χ0n) is 18.5. The van der Waals surface area contributed by atoms with Crippen molar-refractivity contribution in [1.82, 2.24) is 25.5 Å².